The van der Waals surface area contributed by atoms with Crippen molar-refractivity contribution in [3.05, 3.63) is 107 Å². The lowest BCUT2D eigenvalue weighted by molar-refractivity contribution is -0.124. The molecule has 1 amide bonds. The van der Waals surface area contributed by atoms with E-state index < -0.39 is 0 Å². The molecule has 1 aromatic heterocycles. The minimum atomic E-state index is -0.0766. The number of nitrogens with zero attached hydrogens (tertiary/aromatic N) is 3. The minimum absolute atomic E-state index is 0.0766. The predicted octanol–water partition coefficient (Wildman–Crippen LogP) is 6.54. The SMILES string of the molecule is CC/C(=C(/c1ccc(ON(CC)/C(C)=C/C(=O)N(C)C)cc1)c1ccc2[nH]ncc2c1)c1ccccc1. The first kappa shape index (κ1) is 25.8. The summed E-state index contributed by atoms with van der Waals surface area (Å²) >= 11 is 0. The zero-order valence-corrected chi connectivity index (χ0v) is 22.2. The van der Waals surface area contributed by atoms with Crippen LogP contribution >= 0.6 is 0 Å². The Kier molecular flexibility index (Phi) is 8.08. The van der Waals surface area contributed by atoms with E-state index in [1.807, 2.05) is 38.2 Å². The number of aromatic nitrogens is 2. The average molecular weight is 495 g/mol. The van der Waals surface area contributed by atoms with Crippen molar-refractivity contribution in [3.63, 3.8) is 0 Å². The Balaban J connectivity index is 1.72. The number of nitrogens with one attached hydrogen (secondary N) is 1. The van der Waals surface area contributed by atoms with Gasteiger partial charge in [-0.15, -0.1) is 0 Å². The third-order valence-corrected chi connectivity index (χ3v) is 6.32. The molecule has 0 spiro atoms. The van der Waals surface area contributed by atoms with Gasteiger partial charge < -0.3 is 9.74 Å². The number of carbonyl (C=O) groups is 1. The number of fused-ring (bicyclic) bond motifs is 1. The molecule has 0 unspecified atom stereocenters. The van der Waals surface area contributed by atoms with Gasteiger partial charge in [-0.05, 0) is 72.4 Å². The molecule has 4 aromatic rings. The van der Waals surface area contributed by atoms with Crippen LogP contribution in [-0.2, 0) is 4.79 Å². The second-order valence-corrected chi connectivity index (χ2v) is 9.07. The predicted molar refractivity (Wildman–Crippen MR) is 151 cm³/mol. The number of aromatic amines is 1. The van der Waals surface area contributed by atoms with Gasteiger partial charge in [0, 0.05) is 25.6 Å². The number of rotatable bonds is 9. The minimum Gasteiger partial charge on any atom is -0.380 e. The van der Waals surface area contributed by atoms with Crippen molar-refractivity contribution in [2.24, 2.45) is 0 Å². The molecule has 0 fully saturated rings. The van der Waals surface area contributed by atoms with E-state index in [1.165, 1.54) is 16.7 Å². The van der Waals surface area contributed by atoms with Crippen LogP contribution in [0.1, 0.15) is 43.9 Å². The van der Waals surface area contributed by atoms with Crippen LogP contribution in [0.15, 0.2) is 90.8 Å². The van der Waals surface area contributed by atoms with Gasteiger partial charge in [-0.25, -0.2) is 5.06 Å². The molecule has 3 aromatic carbocycles. The monoisotopic (exact) mass is 494 g/mol. The van der Waals surface area contributed by atoms with Crippen LogP contribution in [0, 0.1) is 0 Å². The van der Waals surface area contributed by atoms with Gasteiger partial charge in [-0.3, -0.25) is 9.89 Å². The number of amides is 1. The summed E-state index contributed by atoms with van der Waals surface area (Å²) in [6.07, 6.45) is 4.32. The van der Waals surface area contributed by atoms with Gasteiger partial charge in [-0.2, -0.15) is 5.10 Å². The maximum atomic E-state index is 12.1. The van der Waals surface area contributed by atoms with Crippen LogP contribution in [0.4, 0.5) is 0 Å². The number of hydrogen-bond donors (Lipinski definition) is 1. The quantitative estimate of drug-likeness (QED) is 0.163. The molecule has 190 valence electrons. The zero-order chi connectivity index (χ0) is 26.4. The van der Waals surface area contributed by atoms with Crippen LogP contribution in [0.2, 0.25) is 0 Å². The molecule has 0 saturated heterocycles. The van der Waals surface area contributed by atoms with E-state index in [4.69, 9.17) is 4.84 Å². The van der Waals surface area contributed by atoms with E-state index in [2.05, 4.69) is 71.7 Å². The Labute approximate surface area is 218 Å². The smallest absolute Gasteiger partial charge is 0.247 e. The molecule has 0 bridgehead atoms. The van der Waals surface area contributed by atoms with Gasteiger partial charge in [0.05, 0.1) is 24.0 Å². The van der Waals surface area contributed by atoms with Crippen molar-refractivity contribution in [2.45, 2.75) is 27.2 Å². The maximum absolute atomic E-state index is 12.1. The van der Waals surface area contributed by atoms with Crippen LogP contribution in [0.25, 0.3) is 22.0 Å². The molecule has 0 aliphatic carbocycles. The average Bonchev–Trinajstić information content (AvgIpc) is 3.39. The standard InChI is InChI=1S/C31H34N4O2/c1-6-28(23-11-9-8-10-12-23)31(25-15-18-29-26(20-25)21-32-33-29)24-13-16-27(17-14-24)37-35(7-2)22(3)19-30(36)34(4)5/h8-21H,6-7H2,1-5H3,(H,32,33)/b22-19+,31-28+. The summed E-state index contributed by atoms with van der Waals surface area (Å²) < 4.78 is 0. The van der Waals surface area contributed by atoms with E-state index in [-0.39, 0.29) is 5.91 Å². The fourth-order valence-electron chi connectivity index (χ4n) is 4.35. The van der Waals surface area contributed by atoms with Crippen LogP contribution in [0.5, 0.6) is 5.75 Å². The van der Waals surface area contributed by atoms with Gasteiger partial charge >= 0.3 is 0 Å². The number of carbonyl (C=O) groups excluding carboxylic acids is 1. The van der Waals surface area contributed by atoms with Crippen molar-refractivity contribution >= 4 is 28.0 Å². The van der Waals surface area contributed by atoms with Gasteiger partial charge in [0.15, 0.2) is 5.75 Å². The summed E-state index contributed by atoms with van der Waals surface area (Å²) in [6.45, 7) is 6.67. The van der Waals surface area contributed by atoms with Crippen molar-refractivity contribution in [3.8, 4) is 5.75 Å². The normalized spacial score (nSPS) is 12.3. The number of hydroxylamine groups is 2. The molecule has 0 atom stereocenters. The van der Waals surface area contributed by atoms with Crippen molar-refractivity contribution < 1.29 is 9.63 Å². The van der Waals surface area contributed by atoms with E-state index >= 15 is 0 Å². The van der Waals surface area contributed by atoms with Crippen LogP contribution in [0.3, 0.4) is 0 Å². The topological polar surface area (TPSA) is 61.5 Å². The second kappa shape index (κ2) is 11.6. The summed E-state index contributed by atoms with van der Waals surface area (Å²) in [6, 6.07) is 25.1. The molecule has 1 N–H and O–H groups in total. The van der Waals surface area contributed by atoms with Gasteiger partial charge in [0.1, 0.15) is 0 Å². The van der Waals surface area contributed by atoms with Gasteiger partial charge in [0.2, 0.25) is 5.91 Å². The molecular formula is C31H34N4O2. The fraction of sp³-hybridized carbons (Fsp3) is 0.226. The Morgan fingerprint density at radius 1 is 0.946 bits per heavy atom. The molecular weight excluding hydrogens is 460 g/mol. The first-order valence-electron chi connectivity index (χ1n) is 12.6. The summed E-state index contributed by atoms with van der Waals surface area (Å²) in [5.74, 6) is 0.630. The number of allylic oxidation sites excluding steroid dienone is 2. The number of likely N-dealkylation sites (N-methyl/N-ethyl adjacent to an activating group) is 1. The summed E-state index contributed by atoms with van der Waals surface area (Å²) in [5.41, 5.74) is 7.67. The molecule has 0 radical (unpaired) electrons. The Morgan fingerprint density at radius 2 is 1.65 bits per heavy atom. The van der Waals surface area contributed by atoms with Gasteiger partial charge in [-0.1, -0.05) is 55.5 Å². The van der Waals surface area contributed by atoms with E-state index in [1.54, 1.807) is 30.1 Å². The zero-order valence-electron chi connectivity index (χ0n) is 22.2. The van der Waals surface area contributed by atoms with Crippen LogP contribution < -0.4 is 4.84 Å². The lowest BCUT2D eigenvalue weighted by Crippen LogP contribution is -2.28. The maximum Gasteiger partial charge on any atom is 0.247 e. The number of benzene rings is 3. The van der Waals surface area contributed by atoms with E-state index in [0.717, 1.165) is 34.1 Å². The molecule has 0 aliphatic heterocycles. The third kappa shape index (κ3) is 5.92. The third-order valence-electron chi connectivity index (χ3n) is 6.32. The van der Waals surface area contributed by atoms with E-state index in [0.29, 0.717) is 12.3 Å². The Bertz CT molecular complexity index is 1420. The molecule has 6 nitrogen and oxygen atoms in total. The lowest BCUT2D eigenvalue weighted by atomic mass is 9.88. The van der Waals surface area contributed by atoms with Gasteiger partial charge in [0.25, 0.3) is 0 Å². The first-order valence-corrected chi connectivity index (χ1v) is 12.6. The molecule has 37 heavy (non-hydrogen) atoms. The highest BCUT2D eigenvalue weighted by atomic mass is 16.7. The number of hydrogen-bond acceptors (Lipinski definition) is 4. The Hall–Kier alpha value is -4.32. The summed E-state index contributed by atoms with van der Waals surface area (Å²) in [7, 11) is 3.47. The highest BCUT2D eigenvalue weighted by Gasteiger charge is 2.15. The molecule has 0 saturated carbocycles. The largest absolute Gasteiger partial charge is 0.380 e. The highest BCUT2D eigenvalue weighted by molar-refractivity contribution is 6.00. The highest BCUT2D eigenvalue weighted by Crippen LogP contribution is 2.36. The fourth-order valence-corrected chi connectivity index (χ4v) is 4.35. The Morgan fingerprint density at radius 3 is 2.30 bits per heavy atom. The summed E-state index contributed by atoms with van der Waals surface area (Å²) in [5, 5.41) is 10.0. The second-order valence-electron chi connectivity index (χ2n) is 9.07. The molecule has 6 heteroatoms. The lowest BCUT2D eigenvalue weighted by Gasteiger charge is -2.24. The van der Waals surface area contributed by atoms with Crippen molar-refractivity contribution in [1.82, 2.24) is 20.2 Å². The first-order chi connectivity index (χ1) is 17.9. The molecule has 1 heterocycles. The van der Waals surface area contributed by atoms with Crippen molar-refractivity contribution in [1.29, 1.82) is 0 Å². The molecule has 0 aliphatic rings. The molecule has 4 rings (SSSR count). The van der Waals surface area contributed by atoms with E-state index in [9.17, 15) is 4.79 Å². The van der Waals surface area contributed by atoms with Crippen molar-refractivity contribution in [2.75, 3.05) is 20.6 Å². The van der Waals surface area contributed by atoms with Crippen LogP contribution in [-0.4, -0.2) is 46.7 Å². The summed E-state index contributed by atoms with van der Waals surface area (Å²) in [4.78, 5) is 19.8. The number of H-pyrrole nitrogens is 1.